The van der Waals surface area contributed by atoms with Gasteiger partial charge in [-0.1, -0.05) is 63.2 Å². The normalized spacial score (nSPS) is 12.9. The summed E-state index contributed by atoms with van der Waals surface area (Å²) in [5, 5.41) is 3.16. The van der Waals surface area contributed by atoms with Gasteiger partial charge >= 0.3 is 0 Å². The molecule has 0 aromatic heterocycles. The van der Waals surface area contributed by atoms with Crippen LogP contribution in [0.3, 0.4) is 0 Å². The zero-order valence-electron chi connectivity index (χ0n) is 19.5. The maximum atomic E-state index is 12.5. The Hall–Kier alpha value is -2.86. The number of benzene rings is 2. The first kappa shape index (κ1) is 25.4. The summed E-state index contributed by atoms with van der Waals surface area (Å²) in [6.07, 6.45) is 1.49. The molecular weight excluding hydrogens is 402 g/mol. The van der Waals surface area contributed by atoms with Crippen LogP contribution in [0.5, 0.6) is 5.75 Å². The van der Waals surface area contributed by atoms with Gasteiger partial charge in [-0.2, -0.15) is 0 Å². The average Bonchev–Trinajstić information content (AvgIpc) is 2.81. The van der Waals surface area contributed by atoms with Crippen LogP contribution in [-0.2, 0) is 22.6 Å². The van der Waals surface area contributed by atoms with Crippen LogP contribution in [0.4, 0.5) is 0 Å². The van der Waals surface area contributed by atoms with Crippen LogP contribution in [0.2, 0.25) is 0 Å². The zero-order chi connectivity index (χ0) is 23.3. The Labute approximate surface area is 192 Å². The molecule has 2 rings (SSSR count). The molecule has 0 heterocycles. The van der Waals surface area contributed by atoms with Crippen molar-refractivity contribution in [1.29, 1.82) is 0 Å². The summed E-state index contributed by atoms with van der Waals surface area (Å²) in [5.41, 5.74) is 7.57. The Morgan fingerprint density at radius 3 is 2.25 bits per heavy atom. The minimum Gasteiger partial charge on any atom is -0.489 e. The van der Waals surface area contributed by atoms with Crippen molar-refractivity contribution in [2.45, 2.75) is 52.7 Å². The van der Waals surface area contributed by atoms with E-state index in [2.05, 4.69) is 36.2 Å². The first-order valence-corrected chi connectivity index (χ1v) is 11.5. The molecule has 0 saturated heterocycles. The summed E-state index contributed by atoms with van der Waals surface area (Å²) >= 11 is 0. The molecule has 0 bridgehead atoms. The molecule has 174 valence electrons. The Bertz CT molecular complexity index is 820. The molecule has 0 saturated carbocycles. The number of likely N-dealkylation sites (N-methyl/N-ethyl adjacent to an activating group) is 1. The summed E-state index contributed by atoms with van der Waals surface area (Å²) < 4.78 is 5.87. The van der Waals surface area contributed by atoms with Crippen LogP contribution in [0, 0.1) is 5.92 Å². The van der Waals surface area contributed by atoms with Crippen molar-refractivity contribution in [3.8, 4) is 5.75 Å². The van der Waals surface area contributed by atoms with Crippen molar-refractivity contribution < 1.29 is 14.3 Å². The van der Waals surface area contributed by atoms with Gasteiger partial charge in [-0.15, -0.1) is 0 Å². The average molecular weight is 440 g/mol. The molecule has 3 N–H and O–H groups in total. The number of rotatable bonds is 14. The quantitative estimate of drug-likeness (QED) is 0.472. The van der Waals surface area contributed by atoms with Crippen LogP contribution < -0.4 is 15.8 Å². The number of amides is 2. The Morgan fingerprint density at radius 1 is 1.00 bits per heavy atom. The molecule has 0 spiro atoms. The van der Waals surface area contributed by atoms with E-state index in [0.29, 0.717) is 19.4 Å². The lowest BCUT2D eigenvalue weighted by atomic mass is 10.0. The topological polar surface area (TPSA) is 84.7 Å². The largest absolute Gasteiger partial charge is 0.489 e. The Morgan fingerprint density at radius 2 is 1.66 bits per heavy atom. The highest BCUT2D eigenvalue weighted by Crippen LogP contribution is 2.16. The fourth-order valence-electron chi connectivity index (χ4n) is 3.49. The number of hydrogen-bond acceptors (Lipinski definition) is 4. The number of ether oxygens (including phenoxy) is 1. The summed E-state index contributed by atoms with van der Waals surface area (Å²) in [6, 6.07) is 18.1. The third-order valence-electron chi connectivity index (χ3n) is 5.68. The van der Waals surface area contributed by atoms with Crippen LogP contribution in [-0.4, -0.2) is 42.4 Å². The first-order valence-electron chi connectivity index (χ1n) is 11.5. The molecule has 0 aliphatic carbocycles. The minimum atomic E-state index is -0.368. The predicted molar refractivity (Wildman–Crippen MR) is 128 cm³/mol. The van der Waals surface area contributed by atoms with E-state index in [1.165, 1.54) is 0 Å². The summed E-state index contributed by atoms with van der Waals surface area (Å²) in [6.45, 7) is 9.15. The Balaban J connectivity index is 1.95. The van der Waals surface area contributed by atoms with Gasteiger partial charge in [-0.05, 0) is 49.2 Å². The third-order valence-corrected chi connectivity index (χ3v) is 5.68. The van der Waals surface area contributed by atoms with Crippen molar-refractivity contribution in [3.05, 3.63) is 65.7 Å². The van der Waals surface area contributed by atoms with E-state index >= 15 is 0 Å². The standard InChI is InChI=1S/C26H37N3O3/c1-4-29(5-2)18-23(28-25(30)16-11-20(3)26(27)31)17-21-12-14-24(15-13-21)32-19-22-9-7-6-8-10-22/h6-10,12-15,20,23H,4-5,11,16-19H2,1-3H3,(H2,27,31)(H,28,30). The van der Waals surface area contributed by atoms with E-state index in [1.54, 1.807) is 6.92 Å². The van der Waals surface area contributed by atoms with Crippen LogP contribution in [0.25, 0.3) is 0 Å². The lowest BCUT2D eigenvalue weighted by Crippen LogP contribution is -2.45. The summed E-state index contributed by atoms with van der Waals surface area (Å²) in [5.74, 6) is 0.109. The number of carbonyl (C=O) groups is 2. The van der Waals surface area contributed by atoms with E-state index in [4.69, 9.17) is 10.5 Å². The van der Waals surface area contributed by atoms with E-state index in [1.807, 2.05) is 42.5 Å². The number of hydrogen-bond donors (Lipinski definition) is 2. The molecule has 6 heteroatoms. The SMILES string of the molecule is CCN(CC)CC(Cc1ccc(OCc2ccccc2)cc1)NC(=O)CCC(C)C(N)=O. The smallest absolute Gasteiger partial charge is 0.220 e. The summed E-state index contributed by atoms with van der Waals surface area (Å²) in [4.78, 5) is 26.0. The monoisotopic (exact) mass is 439 g/mol. The highest BCUT2D eigenvalue weighted by Gasteiger charge is 2.18. The molecule has 2 unspecified atom stereocenters. The Kier molecular flexibility index (Phi) is 10.7. The number of nitrogens with zero attached hydrogens (tertiary/aromatic N) is 1. The van der Waals surface area contributed by atoms with Gasteiger partial charge in [0.2, 0.25) is 11.8 Å². The molecule has 2 amide bonds. The van der Waals surface area contributed by atoms with Crippen molar-refractivity contribution in [2.24, 2.45) is 11.7 Å². The van der Waals surface area contributed by atoms with E-state index in [0.717, 1.165) is 42.9 Å². The van der Waals surface area contributed by atoms with Gasteiger partial charge in [0.1, 0.15) is 12.4 Å². The van der Waals surface area contributed by atoms with E-state index in [9.17, 15) is 9.59 Å². The van der Waals surface area contributed by atoms with Gasteiger partial charge in [-0.25, -0.2) is 0 Å². The number of nitrogens with two attached hydrogens (primary N) is 1. The second kappa shape index (κ2) is 13.5. The first-order chi connectivity index (χ1) is 15.4. The molecule has 2 atom stereocenters. The van der Waals surface area contributed by atoms with Gasteiger partial charge in [0.05, 0.1) is 0 Å². The molecule has 2 aromatic carbocycles. The molecule has 0 radical (unpaired) electrons. The molecule has 0 fully saturated rings. The van der Waals surface area contributed by atoms with Gasteiger partial charge < -0.3 is 20.7 Å². The maximum absolute atomic E-state index is 12.5. The minimum absolute atomic E-state index is 0.0117. The van der Waals surface area contributed by atoms with Crippen LogP contribution >= 0.6 is 0 Å². The van der Waals surface area contributed by atoms with Crippen molar-refractivity contribution in [1.82, 2.24) is 10.2 Å². The van der Waals surface area contributed by atoms with Gasteiger partial charge in [0.15, 0.2) is 0 Å². The highest BCUT2D eigenvalue weighted by molar-refractivity contribution is 5.79. The van der Waals surface area contributed by atoms with Crippen molar-refractivity contribution in [2.75, 3.05) is 19.6 Å². The fourth-order valence-corrected chi connectivity index (χ4v) is 3.49. The van der Waals surface area contributed by atoms with Crippen molar-refractivity contribution >= 4 is 11.8 Å². The molecular formula is C26H37N3O3. The van der Waals surface area contributed by atoms with Gasteiger partial charge in [0.25, 0.3) is 0 Å². The second-order valence-corrected chi connectivity index (χ2v) is 8.21. The predicted octanol–water partition coefficient (Wildman–Crippen LogP) is 3.54. The second-order valence-electron chi connectivity index (χ2n) is 8.21. The van der Waals surface area contributed by atoms with Crippen LogP contribution in [0.1, 0.15) is 44.7 Å². The van der Waals surface area contributed by atoms with Gasteiger partial charge in [0, 0.05) is 24.9 Å². The lowest BCUT2D eigenvalue weighted by Gasteiger charge is -2.26. The van der Waals surface area contributed by atoms with E-state index < -0.39 is 0 Å². The van der Waals surface area contributed by atoms with Crippen molar-refractivity contribution in [3.63, 3.8) is 0 Å². The molecule has 2 aromatic rings. The zero-order valence-corrected chi connectivity index (χ0v) is 19.5. The lowest BCUT2D eigenvalue weighted by molar-refractivity contribution is -0.123. The molecule has 0 aliphatic rings. The molecule has 32 heavy (non-hydrogen) atoms. The van der Waals surface area contributed by atoms with Crippen LogP contribution in [0.15, 0.2) is 54.6 Å². The van der Waals surface area contributed by atoms with E-state index in [-0.39, 0.29) is 23.8 Å². The van der Waals surface area contributed by atoms with Gasteiger partial charge in [-0.3, -0.25) is 9.59 Å². The molecule has 6 nitrogen and oxygen atoms in total. The fraction of sp³-hybridized carbons (Fsp3) is 0.462. The number of nitrogens with one attached hydrogen (secondary N) is 1. The number of carbonyl (C=O) groups excluding carboxylic acids is 2. The maximum Gasteiger partial charge on any atom is 0.220 e. The molecule has 0 aliphatic heterocycles. The highest BCUT2D eigenvalue weighted by atomic mass is 16.5. The summed E-state index contributed by atoms with van der Waals surface area (Å²) in [7, 11) is 0. The third kappa shape index (κ3) is 9.10. The number of primary amides is 1.